The normalized spacial score (nSPS) is 13.7. The van der Waals surface area contributed by atoms with Crippen LogP contribution < -0.4 is 9.47 Å². The Labute approximate surface area is 203 Å². The highest BCUT2D eigenvalue weighted by molar-refractivity contribution is 6.15. The molecule has 8 heteroatoms. The summed E-state index contributed by atoms with van der Waals surface area (Å²) in [4.78, 5) is 46.6. The first kappa shape index (κ1) is 21.3. The summed E-state index contributed by atoms with van der Waals surface area (Å²) in [5.41, 5.74) is 2.70. The first-order chi connectivity index (χ1) is 17.4. The third kappa shape index (κ3) is 3.76. The van der Waals surface area contributed by atoms with Gasteiger partial charge in [0.2, 0.25) is 0 Å². The number of ether oxygens (including phenoxy) is 4. The third-order valence-electron chi connectivity index (χ3n) is 5.75. The molecular formula is C28H14O8. The molecule has 8 nitrogen and oxygen atoms in total. The molecule has 0 aliphatic carbocycles. The maximum Gasteiger partial charge on any atom is 0.347 e. The fourth-order valence-electron chi connectivity index (χ4n) is 3.96. The van der Waals surface area contributed by atoms with Crippen molar-refractivity contribution in [3.8, 4) is 34.1 Å². The summed E-state index contributed by atoms with van der Waals surface area (Å²) >= 11 is 0. The number of cyclic esters (lactones) is 4. The lowest BCUT2D eigenvalue weighted by Crippen LogP contribution is -1.96. The topological polar surface area (TPSA) is 105 Å². The zero-order chi connectivity index (χ0) is 24.8. The first-order valence-electron chi connectivity index (χ1n) is 10.8. The minimum Gasteiger partial charge on any atom is -0.457 e. The van der Waals surface area contributed by atoms with Crippen molar-refractivity contribution in [3.63, 3.8) is 0 Å². The van der Waals surface area contributed by atoms with Gasteiger partial charge < -0.3 is 18.9 Å². The number of esters is 4. The fraction of sp³-hybridized carbons (Fsp3) is 0. The van der Waals surface area contributed by atoms with Gasteiger partial charge in [0.25, 0.3) is 0 Å². The van der Waals surface area contributed by atoms with Gasteiger partial charge in [0.1, 0.15) is 23.0 Å². The van der Waals surface area contributed by atoms with E-state index >= 15 is 0 Å². The minimum atomic E-state index is -0.683. The van der Waals surface area contributed by atoms with E-state index < -0.39 is 23.9 Å². The molecule has 4 aromatic carbocycles. The van der Waals surface area contributed by atoms with Crippen LogP contribution in [0.4, 0.5) is 0 Å². The van der Waals surface area contributed by atoms with Crippen LogP contribution in [-0.4, -0.2) is 23.9 Å². The SMILES string of the molecule is O=C1OC(=O)c2cc(Oc3ccc(-c4ccc(Oc5ccc6c(c5)C(=O)OC6=O)cc4)cc3)ccc21. The second-order valence-corrected chi connectivity index (χ2v) is 8.02. The van der Waals surface area contributed by atoms with Gasteiger partial charge in [-0.3, -0.25) is 0 Å². The Morgan fingerprint density at radius 2 is 0.722 bits per heavy atom. The number of rotatable bonds is 5. The lowest BCUT2D eigenvalue weighted by molar-refractivity contribution is 0.0425. The predicted molar refractivity (Wildman–Crippen MR) is 124 cm³/mol. The summed E-state index contributed by atoms with van der Waals surface area (Å²) in [6.45, 7) is 0. The van der Waals surface area contributed by atoms with Crippen molar-refractivity contribution in [1.29, 1.82) is 0 Å². The molecule has 0 saturated carbocycles. The van der Waals surface area contributed by atoms with E-state index in [4.69, 9.17) is 9.47 Å². The van der Waals surface area contributed by atoms with E-state index in [0.717, 1.165) is 11.1 Å². The largest absolute Gasteiger partial charge is 0.457 e. The Bertz CT molecular complexity index is 1460. The number of carbonyl (C=O) groups excluding carboxylic acids is 4. The smallest absolute Gasteiger partial charge is 0.347 e. The molecule has 174 valence electrons. The number of carbonyl (C=O) groups is 4. The van der Waals surface area contributed by atoms with Crippen molar-refractivity contribution in [1.82, 2.24) is 0 Å². The maximum atomic E-state index is 11.7. The van der Waals surface area contributed by atoms with Crippen LogP contribution in [0.15, 0.2) is 84.9 Å². The van der Waals surface area contributed by atoms with Crippen LogP contribution in [0.3, 0.4) is 0 Å². The van der Waals surface area contributed by atoms with Gasteiger partial charge in [-0.15, -0.1) is 0 Å². The van der Waals surface area contributed by atoms with E-state index in [9.17, 15) is 19.2 Å². The van der Waals surface area contributed by atoms with Gasteiger partial charge in [0.05, 0.1) is 22.3 Å². The van der Waals surface area contributed by atoms with Crippen LogP contribution in [0.2, 0.25) is 0 Å². The van der Waals surface area contributed by atoms with Gasteiger partial charge in [-0.25, -0.2) is 19.2 Å². The molecule has 2 heterocycles. The summed E-state index contributed by atoms with van der Waals surface area (Å²) < 4.78 is 20.8. The number of hydrogen-bond acceptors (Lipinski definition) is 8. The van der Waals surface area contributed by atoms with Crippen LogP contribution >= 0.6 is 0 Å². The van der Waals surface area contributed by atoms with Crippen LogP contribution in [0.5, 0.6) is 23.0 Å². The van der Waals surface area contributed by atoms with E-state index in [1.54, 1.807) is 36.4 Å². The quantitative estimate of drug-likeness (QED) is 0.271. The number of fused-ring (bicyclic) bond motifs is 2. The summed E-state index contributed by atoms with van der Waals surface area (Å²) in [7, 11) is 0. The van der Waals surface area contributed by atoms with E-state index in [-0.39, 0.29) is 22.3 Å². The van der Waals surface area contributed by atoms with Crippen molar-refractivity contribution in [2.75, 3.05) is 0 Å². The van der Waals surface area contributed by atoms with Crippen molar-refractivity contribution in [2.24, 2.45) is 0 Å². The molecule has 0 aromatic heterocycles. The number of hydrogen-bond donors (Lipinski definition) is 0. The van der Waals surface area contributed by atoms with Gasteiger partial charge in [-0.2, -0.15) is 0 Å². The molecule has 0 fully saturated rings. The molecular weight excluding hydrogens is 464 g/mol. The Balaban J connectivity index is 1.14. The molecule has 36 heavy (non-hydrogen) atoms. The van der Waals surface area contributed by atoms with Gasteiger partial charge in [-0.05, 0) is 71.8 Å². The van der Waals surface area contributed by atoms with Crippen LogP contribution in [0.25, 0.3) is 11.1 Å². The molecule has 0 unspecified atom stereocenters. The molecule has 0 atom stereocenters. The second kappa shape index (κ2) is 8.21. The lowest BCUT2D eigenvalue weighted by Gasteiger charge is -2.09. The molecule has 2 aliphatic rings. The molecule has 4 aromatic rings. The fourth-order valence-corrected chi connectivity index (χ4v) is 3.96. The predicted octanol–water partition coefficient (Wildman–Crippen LogP) is 5.56. The molecule has 0 saturated heterocycles. The maximum absolute atomic E-state index is 11.7. The van der Waals surface area contributed by atoms with Gasteiger partial charge in [0.15, 0.2) is 0 Å². The summed E-state index contributed by atoms with van der Waals surface area (Å²) in [5, 5.41) is 0. The minimum absolute atomic E-state index is 0.185. The second-order valence-electron chi connectivity index (χ2n) is 8.02. The average molecular weight is 478 g/mol. The number of benzene rings is 4. The third-order valence-corrected chi connectivity index (χ3v) is 5.75. The monoisotopic (exact) mass is 478 g/mol. The molecule has 0 radical (unpaired) electrons. The molecule has 0 N–H and O–H groups in total. The van der Waals surface area contributed by atoms with Crippen molar-refractivity contribution >= 4 is 23.9 Å². The molecule has 6 rings (SSSR count). The van der Waals surface area contributed by atoms with Gasteiger partial charge in [-0.1, -0.05) is 24.3 Å². The summed E-state index contributed by atoms with van der Waals surface area (Å²) in [6.07, 6.45) is 0. The Morgan fingerprint density at radius 1 is 0.389 bits per heavy atom. The van der Waals surface area contributed by atoms with Crippen LogP contribution in [-0.2, 0) is 9.47 Å². The standard InChI is InChI=1S/C28H14O8/c29-25-21-11-9-19(13-23(21)27(31)35-25)33-17-5-1-15(2-6-17)16-3-7-18(8-4-16)34-20-10-12-22-24(14-20)28(32)36-26(22)30/h1-14H. The summed E-state index contributed by atoms with van der Waals surface area (Å²) in [5.74, 6) is -0.729. The van der Waals surface area contributed by atoms with Crippen molar-refractivity contribution in [2.45, 2.75) is 0 Å². The van der Waals surface area contributed by atoms with Gasteiger partial charge >= 0.3 is 23.9 Å². The highest BCUT2D eigenvalue weighted by atomic mass is 16.6. The lowest BCUT2D eigenvalue weighted by atomic mass is 10.1. The highest BCUT2D eigenvalue weighted by Crippen LogP contribution is 2.32. The van der Waals surface area contributed by atoms with Gasteiger partial charge in [0, 0.05) is 0 Å². The van der Waals surface area contributed by atoms with E-state index in [1.807, 2.05) is 24.3 Å². The molecule has 2 aliphatic heterocycles. The molecule has 0 bridgehead atoms. The van der Waals surface area contributed by atoms with Crippen molar-refractivity contribution < 1.29 is 38.1 Å². The first-order valence-corrected chi connectivity index (χ1v) is 10.8. The Hall–Kier alpha value is -5.24. The van der Waals surface area contributed by atoms with Crippen LogP contribution in [0, 0.1) is 0 Å². The highest BCUT2D eigenvalue weighted by Gasteiger charge is 2.30. The van der Waals surface area contributed by atoms with E-state index in [2.05, 4.69) is 9.47 Å². The zero-order valence-electron chi connectivity index (χ0n) is 18.3. The van der Waals surface area contributed by atoms with Crippen molar-refractivity contribution in [3.05, 3.63) is 107 Å². The molecule has 0 amide bonds. The van der Waals surface area contributed by atoms with E-state index in [1.165, 1.54) is 24.3 Å². The summed E-state index contributed by atoms with van der Waals surface area (Å²) in [6, 6.07) is 23.9. The Morgan fingerprint density at radius 3 is 1.11 bits per heavy atom. The molecule has 0 spiro atoms. The average Bonchev–Trinajstić information content (AvgIpc) is 3.33. The van der Waals surface area contributed by atoms with E-state index in [0.29, 0.717) is 23.0 Å². The zero-order valence-corrected chi connectivity index (χ0v) is 18.3. The Kier molecular flexibility index (Phi) is 4.86. The van der Waals surface area contributed by atoms with Crippen LogP contribution in [0.1, 0.15) is 41.4 Å².